The van der Waals surface area contributed by atoms with Crippen LogP contribution in [0, 0.1) is 11.6 Å². The van der Waals surface area contributed by atoms with Gasteiger partial charge >= 0.3 is 0 Å². The number of nitrogens with two attached hydrogens (primary N) is 1. The maximum Gasteiger partial charge on any atom is 0.233 e. The topological polar surface area (TPSA) is 80.0 Å². The lowest BCUT2D eigenvalue weighted by molar-refractivity contribution is 0.586. The summed E-state index contributed by atoms with van der Waals surface area (Å²) in [5.41, 5.74) is 5.40. The lowest BCUT2D eigenvalue weighted by Crippen LogP contribution is -2.16. The average Bonchev–Trinajstić information content (AvgIpc) is 2.33. The zero-order chi connectivity index (χ0) is 14.9. The highest BCUT2D eigenvalue weighted by Crippen LogP contribution is 2.28. The van der Waals surface area contributed by atoms with Crippen LogP contribution < -0.4 is 16.0 Å². The first-order chi connectivity index (χ1) is 9.36. The minimum atomic E-state index is -0.861. The van der Waals surface area contributed by atoms with E-state index in [0.29, 0.717) is 12.0 Å². The van der Waals surface area contributed by atoms with Crippen molar-refractivity contribution < 1.29 is 8.78 Å². The number of hydrogen-bond donors (Lipinski definition) is 2. The first-order valence-electron chi connectivity index (χ1n) is 5.47. The number of aromatic nitrogens is 3. The van der Waals surface area contributed by atoms with Gasteiger partial charge in [-0.15, -0.1) is 0 Å². The molecule has 106 valence electrons. The summed E-state index contributed by atoms with van der Waals surface area (Å²) in [4.78, 5) is 13.3. The van der Waals surface area contributed by atoms with E-state index in [2.05, 4.69) is 20.3 Å². The molecule has 0 aliphatic carbocycles. The van der Waals surface area contributed by atoms with Crippen LogP contribution in [0.25, 0.3) is 0 Å². The molecule has 20 heavy (non-hydrogen) atoms. The lowest BCUT2D eigenvalue weighted by Gasteiger charge is -2.13. The van der Waals surface area contributed by atoms with Crippen molar-refractivity contribution in [3.8, 4) is 0 Å². The number of nitrogens with one attached hydrogen (secondary N) is 1. The van der Waals surface area contributed by atoms with Gasteiger partial charge in [0, 0.05) is 20.2 Å². The lowest BCUT2D eigenvalue weighted by atomic mass is 10.3. The Morgan fingerprint density at radius 1 is 1.20 bits per heavy atom. The van der Waals surface area contributed by atoms with E-state index in [1.54, 1.807) is 19.0 Å². The SMILES string of the molecule is CN(C)c1nc(N)nc(Nc2c(F)cc(F)cc2Cl)n1. The molecule has 1 heterocycles. The summed E-state index contributed by atoms with van der Waals surface area (Å²) in [6.07, 6.45) is 0. The Labute approximate surface area is 118 Å². The Kier molecular flexibility index (Phi) is 3.84. The monoisotopic (exact) mass is 300 g/mol. The Morgan fingerprint density at radius 3 is 2.50 bits per heavy atom. The summed E-state index contributed by atoms with van der Waals surface area (Å²) in [5.74, 6) is -1.38. The number of nitrogen functional groups attached to an aromatic ring is 1. The van der Waals surface area contributed by atoms with Crippen LogP contribution in [0.3, 0.4) is 0 Å². The number of hydrogen-bond acceptors (Lipinski definition) is 6. The van der Waals surface area contributed by atoms with E-state index >= 15 is 0 Å². The summed E-state index contributed by atoms with van der Waals surface area (Å²) in [7, 11) is 3.42. The molecule has 6 nitrogen and oxygen atoms in total. The fourth-order valence-corrected chi connectivity index (χ4v) is 1.65. The van der Waals surface area contributed by atoms with Crippen molar-refractivity contribution >= 4 is 35.1 Å². The number of halogens is 3. The molecule has 0 aliphatic rings. The van der Waals surface area contributed by atoms with Gasteiger partial charge in [0.15, 0.2) is 5.82 Å². The molecule has 2 aromatic rings. The van der Waals surface area contributed by atoms with Crippen molar-refractivity contribution in [2.45, 2.75) is 0 Å². The van der Waals surface area contributed by atoms with E-state index in [-0.39, 0.29) is 22.6 Å². The zero-order valence-electron chi connectivity index (χ0n) is 10.7. The zero-order valence-corrected chi connectivity index (χ0v) is 11.4. The van der Waals surface area contributed by atoms with E-state index in [1.165, 1.54) is 0 Å². The predicted molar refractivity (Wildman–Crippen MR) is 73.2 cm³/mol. The van der Waals surface area contributed by atoms with Gasteiger partial charge in [-0.05, 0) is 6.07 Å². The van der Waals surface area contributed by atoms with Gasteiger partial charge in [0.05, 0.1) is 10.7 Å². The third kappa shape index (κ3) is 3.02. The van der Waals surface area contributed by atoms with Crippen LogP contribution in [0.5, 0.6) is 0 Å². The summed E-state index contributed by atoms with van der Waals surface area (Å²) in [5, 5.41) is 2.43. The second-order valence-corrected chi connectivity index (χ2v) is 4.49. The quantitative estimate of drug-likeness (QED) is 0.904. The predicted octanol–water partition coefficient (Wildman–Crippen LogP) is 2.19. The van der Waals surface area contributed by atoms with Crippen LogP contribution in [-0.2, 0) is 0 Å². The number of benzene rings is 1. The minimum Gasteiger partial charge on any atom is -0.368 e. The standard InChI is InChI=1S/C11H11ClF2N6/c1-20(2)11-18-9(15)17-10(19-11)16-8-6(12)3-5(13)4-7(8)14/h3-4H,1-2H3,(H3,15,16,17,18,19). The third-order valence-electron chi connectivity index (χ3n) is 2.28. The van der Waals surface area contributed by atoms with Gasteiger partial charge in [-0.2, -0.15) is 15.0 Å². The van der Waals surface area contributed by atoms with E-state index in [0.717, 1.165) is 6.07 Å². The smallest absolute Gasteiger partial charge is 0.233 e. The molecule has 0 spiro atoms. The van der Waals surface area contributed by atoms with Gasteiger partial charge in [-0.25, -0.2) is 8.78 Å². The molecule has 1 aromatic carbocycles. The van der Waals surface area contributed by atoms with Crippen molar-refractivity contribution in [2.24, 2.45) is 0 Å². The molecule has 0 radical (unpaired) electrons. The van der Waals surface area contributed by atoms with Crippen molar-refractivity contribution in [1.29, 1.82) is 0 Å². The second-order valence-electron chi connectivity index (χ2n) is 4.08. The van der Waals surface area contributed by atoms with Gasteiger partial charge in [0.2, 0.25) is 17.8 Å². The molecule has 0 fully saturated rings. The molecule has 3 N–H and O–H groups in total. The van der Waals surface area contributed by atoms with Crippen LogP contribution in [-0.4, -0.2) is 29.0 Å². The fraction of sp³-hybridized carbons (Fsp3) is 0.182. The number of nitrogens with zero attached hydrogens (tertiary/aromatic N) is 4. The number of anilines is 4. The van der Waals surface area contributed by atoms with Crippen molar-refractivity contribution in [1.82, 2.24) is 15.0 Å². The first-order valence-corrected chi connectivity index (χ1v) is 5.85. The van der Waals surface area contributed by atoms with Crippen molar-refractivity contribution in [2.75, 3.05) is 30.0 Å². The summed E-state index contributed by atoms with van der Waals surface area (Å²) in [6, 6.07) is 1.68. The van der Waals surface area contributed by atoms with Crippen LogP contribution >= 0.6 is 11.6 Å². The first kappa shape index (κ1) is 14.2. The Morgan fingerprint density at radius 2 is 1.90 bits per heavy atom. The van der Waals surface area contributed by atoms with Crippen molar-refractivity contribution in [3.05, 3.63) is 28.8 Å². The average molecular weight is 301 g/mol. The largest absolute Gasteiger partial charge is 0.368 e. The van der Waals surface area contributed by atoms with Crippen molar-refractivity contribution in [3.63, 3.8) is 0 Å². The molecule has 0 atom stereocenters. The summed E-state index contributed by atoms with van der Waals surface area (Å²) in [6.45, 7) is 0. The molecule has 0 saturated carbocycles. The van der Waals surface area contributed by atoms with E-state index < -0.39 is 11.6 Å². The third-order valence-corrected chi connectivity index (χ3v) is 2.58. The van der Waals surface area contributed by atoms with Gasteiger partial charge in [-0.3, -0.25) is 0 Å². The molecule has 0 aliphatic heterocycles. The van der Waals surface area contributed by atoms with Gasteiger partial charge in [0.25, 0.3) is 0 Å². The minimum absolute atomic E-state index is 0.00797. The molecule has 1 aromatic heterocycles. The Balaban J connectivity index is 2.40. The van der Waals surface area contributed by atoms with Crippen LogP contribution in [0.15, 0.2) is 12.1 Å². The van der Waals surface area contributed by atoms with Crippen LogP contribution in [0.1, 0.15) is 0 Å². The highest BCUT2D eigenvalue weighted by molar-refractivity contribution is 6.33. The van der Waals surface area contributed by atoms with Gasteiger partial charge in [0.1, 0.15) is 5.82 Å². The summed E-state index contributed by atoms with van der Waals surface area (Å²) >= 11 is 5.77. The molecule has 0 unspecified atom stereocenters. The fourth-order valence-electron chi connectivity index (χ4n) is 1.41. The molecular formula is C11H11ClF2N6. The Bertz CT molecular complexity index is 626. The molecule has 9 heteroatoms. The highest BCUT2D eigenvalue weighted by Gasteiger charge is 2.13. The van der Waals surface area contributed by atoms with Gasteiger partial charge < -0.3 is 16.0 Å². The molecule has 0 saturated heterocycles. The van der Waals surface area contributed by atoms with Gasteiger partial charge in [-0.1, -0.05) is 11.6 Å². The maximum absolute atomic E-state index is 13.7. The molecular weight excluding hydrogens is 290 g/mol. The maximum atomic E-state index is 13.7. The highest BCUT2D eigenvalue weighted by atomic mass is 35.5. The summed E-state index contributed by atoms with van der Waals surface area (Å²) < 4.78 is 26.6. The van der Waals surface area contributed by atoms with E-state index in [9.17, 15) is 8.78 Å². The molecule has 0 bridgehead atoms. The Hall–Kier alpha value is -2.22. The van der Waals surface area contributed by atoms with E-state index in [1.807, 2.05) is 0 Å². The number of rotatable bonds is 3. The van der Waals surface area contributed by atoms with Crippen LogP contribution in [0.2, 0.25) is 5.02 Å². The second kappa shape index (κ2) is 5.41. The normalized spacial score (nSPS) is 10.4. The molecule has 2 rings (SSSR count). The van der Waals surface area contributed by atoms with E-state index in [4.69, 9.17) is 17.3 Å². The molecule has 0 amide bonds. The van der Waals surface area contributed by atoms with Crippen LogP contribution in [0.4, 0.5) is 32.3 Å².